The van der Waals surface area contributed by atoms with Crippen molar-refractivity contribution in [3.05, 3.63) is 36.3 Å². The molecule has 1 aromatic carbocycles. The van der Waals surface area contributed by atoms with Crippen molar-refractivity contribution in [2.24, 2.45) is 0 Å². The molecule has 37 heavy (non-hydrogen) atoms. The molecule has 1 atom stereocenters. The van der Waals surface area contributed by atoms with Crippen LogP contribution in [-0.4, -0.2) is 51.9 Å². The Morgan fingerprint density at radius 2 is 1.73 bits per heavy atom. The fraction of sp³-hybridized carbons (Fsp3) is 0.538. The van der Waals surface area contributed by atoms with Crippen LogP contribution in [0.4, 0.5) is 0 Å². The molecule has 0 saturated heterocycles. The number of benzene rings is 1. The van der Waals surface area contributed by atoms with Crippen LogP contribution >= 0.6 is 0 Å². The highest BCUT2D eigenvalue weighted by Crippen LogP contribution is 2.38. The van der Waals surface area contributed by atoms with Crippen molar-refractivity contribution in [1.82, 2.24) is 9.97 Å². The van der Waals surface area contributed by atoms with Gasteiger partial charge < -0.3 is 28.6 Å². The smallest absolute Gasteiger partial charge is 0.492 e. The first-order valence-corrected chi connectivity index (χ1v) is 12.3. The van der Waals surface area contributed by atoms with Gasteiger partial charge in [-0.25, -0.2) is 4.98 Å². The van der Waals surface area contributed by atoms with Crippen molar-refractivity contribution in [1.29, 1.82) is 0 Å². The maximum atomic E-state index is 12.5. The lowest BCUT2D eigenvalue weighted by Crippen LogP contribution is -2.28. The van der Waals surface area contributed by atoms with Crippen LogP contribution in [-0.2, 0) is 23.7 Å². The van der Waals surface area contributed by atoms with Crippen LogP contribution in [0.25, 0.3) is 0 Å². The molecule has 0 bridgehead atoms. The molecule has 1 N–H and O–H groups in total. The lowest BCUT2D eigenvalue weighted by molar-refractivity contribution is -0.157. The number of unbranched alkanes of at least 4 members (excludes halogenated alkanes) is 1. The van der Waals surface area contributed by atoms with E-state index in [1.54, 1.807) is 32.9 Å². The fourth-order valence-corrected chi connectivity index (χ4v) is 3.74. The number of hydrogen-bond donors (Lipinski definition) is 1. The highest BCUT2D eigenvalue weighted by molar-refractivity contribution is 6.62. The Kier molecular flexibility index (Phi) is 9.14. The zero-order valence-corrected chi connectivity index (χ0v) is 22.3. The van der Waals surface area contributed by atoms with E-state index in [4.69, 9.17) is 23.6 Å². The first-order valence-electron chi connectivity index (χ1n) is 12.3. The third-order valence-electron chi connectivity index (χ3n) is 5.02. The van der Waals surface area contributed by atoms with Gasteiger partial charge in [0.1, 0.15) is 22.7 Å². The number of rotatable bonds is 10. The molecule has 3 rings (SSSR count). The lowest BCUT2D eigenvalue weighted by atomic mass is 9.78. The summed E-state index contributed by atoms with van der Waals surface area (Å²) in [5.41, 5.74) is -0.198. The SMILES string of the molecule is CC(C)(C)OC(=O)CCCCOc1cc(Oc2cnccn2)cc2c1C(CC(=O)OC(C)(C)C)OB2O. The van der Waals surface area contributed by atoms with Gasteiger partial charge in [-0.15, -0.1) is 0 Å². The molecule has 1 aliphatic rings. The van der Waals surface area contributed by atoms with Gasteiger partial charge in [0.2, 0.25) is 5.88 Å². The Morgan fingerprint density at radius 1 is 1.03 bits per heavy atom. The molecule has 10 nitrogen and oxygen atoms in total. The molecule has 0 aliphatic carbocycles. The Morgan fingerprint density at radius 3 is 2.38 bits per heavy atom. The Labute approximate surface area is 217 Å². The summed E-state index contributed by atoms with van der Waals surface area (Å²) in [6, 6.07) is 3.28. The fourth-order valence-electron chi connectivity index (χ4n) is 3.74. The number of esters is 2. The predicted octanol–water partition coefficient (Wildman–Crippen LogP) is 3.65. The van der Waals surface area contributed by atoms with Crippen LogP contribution in [0, 0.1) is 0 Å². The quantitative estimate of drug-likeness (QED) is 0.285. The highest BCUT2D eigenvalue weighted by Gasteiger charge is 2.40. The van der Waals surface area contributed by atoms with Crippen molar-refractivity contribution in [2.75, 3.05) is 6.61 Å². The summed E-state index contributed by atoms with van der Waals surface area (Å²) in [5, 5.41) is 10.6. The first-order chi connectivity index (χ1) is 17.3. The summed E-state index contributed by atoms with van der Waals surface area (Å²) in [6.45, 7) is 11.1. The molecule has 2 heterocycles. The van der Waals surface area contributed by atoms with Crippen LogP contribution in [0.5, 0.6) is 17.4 Å². The second-order valence-corrected chi connectivity index (χ2v) is 10.7. The van der Waals surface area contributed by atoms with Gasteiger partial charge in [-0.1, -0.05) is 0 Å². The normalized spacial score (nSPS) is 15.2. The second-order valence-electron chi connectivity index (χ2n) is 10.7. The zero-order valence-electron chi connectivity index (χ0n) is 22.3. The molecule has 1 aliphatic heterocycles. The minimum absolute atomic E-state index is 0.0965. The standard InChI is InChI=1S/C26H35BN2O8/c1-25(2,3)35-22(30)9-7-8-12-33-19-14-17(34-21-16-28-10-11-29-21)13-18-24(19)20(37-27(18)32)15-23(31)36-26(4,5)6/h10-11,13-14,16,20,32H,7-9,12,15H2,1-6H3. The van der Waals surface area contributed by atoms with E-state index in [0.29, 0.717) is 42.0 Å². The number of fused-ring (bicyclic) bond motifs is 1. The number of aromatic nitrogens is 2. The van der Waals surface area contributed by atoms with Crippen molar-refractivity contribution >= 4 is 24.5 Å². The van der Waals surface area contributed by atoms with E-state index in [2.05, 4.69) is 9.97 Å². The third kappa shape index (κ3) is 9.01. The van der Waals surface area contributed by atoms with Gasteiger partial charge in [0.25, 0.3) is 0 Å². The van der Waals surface area contributed by atoms with Crippen LogP contribution in [0.15, 0.2) is 30.7 Å². The van der Waals surface area contributed by atoms with Gasteiger partial charge in [-0.3, -0.25) is 14.6 Å². The Balaban J connectivity index is 1.75. The van der Waals surface area contributed by atoms with Crippen LogP contribution in [0.1, 0.15) is 78.9 Å². The molecule has 1 aromatic heterocycles. The molecule has 11 heteroatoms. The summed E-state index contributed by atoms with van der Waals surface area (Å²) in [4.78, 5) is 32.6. The van der Waals surface area contributed by atoms with Crippen LogP contribution < -0.4 is 14.9 Å². The molecule has 2 aromatic rings. The van der Waals surface area contributed by atoms with Crippen molar-refractivity contribution in [3.8, 4) is 17.4 Å². The molecular formula is C26H35BN2O8. The van der Waals surface area contributed by atoms with E-state index in [-0.39, 0.29) is 24.7 Å². The molecule has 0 radical (unpaired) electrons. The van der Waals surface area contributed by atoms with Crippen molar-refractivity contribution < 1.29 is 38.2 Å². The highest BCUT2D eigenvalue weighted by atomic mass is 16.6. The maximum absolute atomic E-state index is 12.5. The molecule has 0 amide bonds. The number of nitrogens with zero attached hydrogens (tertiary/aromatic N) is 2. The Hall–Kier alpha value is -3.18. The van der Waals surface area contributed by atoms with E-state index in [0.717, 1.165) is 0 Å². The molecule has 0 saturated carbocycles. The van der Waals surface area contributed by atoms with E-state index < -0.39 is 30.4 Å². The molecule has 0 spiro atoms. The number of hydrogen-bond acceptors (Lipinski definition) is 10. The van der Waals surface area contributed by atoms with Gasteiger partial charge in [0, 0.05) is 30.4 Å². The third-order valence-corrected chi connectivity index (χ3v) is 5.02. The summed E-state index contributed by atoms with van der Waals surface area (Å²) in [6.07, 6.45) is 5.07. The second kappa shape index (κ2) is 11.9. The van der Waals surface area contributed by atoms with Gasteiger partial charge >= 0.3 is 19.1 Å². The molecule has 200 valence electrons. The average Bonchev–Trinajstić information content (AvgIpc) is 3.06. The summed E-state index contributed by atoms with van der Waals surface area (Å²) < 4.78 is 28.3. The molecular weight excluding hydrogens is 479 g/mol. The summed E-state index contributed by atoms with van der Waals surface area (Å²) >= 11 is 0. The van der Waals surface area contributed by atoms with E-state index in [9.17, 15) is 14.6 Å². The average molecular weight is 514 g/mol. The van der Waals surface area contributed by atoms with Gasteiger partial charge in [0.15, 0.2) is 0 Å². The minimum atomic E-state index is -1.28. The van der Waals surface area contributed by atoms with Crippen molar-refractivity contribution in [3.63, 3.8) is 0 Å². The van der Waals surface area contributed by atoms with Gasteiger partial charge in [-0.05, 0) is 65.9 Å². The number of ether oxygens (including phenoxy) is 4. The van der Waals surface area contributed by atoms with Crippen molar-refractivity contribution in [2.45, 2.75) is 84.5 Å². The van der Waals surface area contributed by atoms with E-state index in [1.807, 2.05) is 20.8 Å². The van der Waals surface area contributed by atoms with Gasteiger partial charge in [-0.2, -0.15) is 0 Å². The number of carbonyl (C=O) groups excluding carboxylic acids is 2. The lowest BCUT2D eigenvalue weighted by Gasteiger charge is -2.22. The predicted molar refractivity (Wildman–Crippen MR) is 136 cm³/mol. The first kappa shape index (κ1) is 28.4. The summed E-state index contributed by atoms with van der Waals surface area (Å²) in [7, 11) is -1.28. The molecule has 0 fully saturated rings. The summed E-state index contributed by atoms with van der Waals surface area (Å²) in [5.74, 6) is 0.314. The zero-order chi connectivity index (χ0) is 27.2. The maximum Gasteiger partial charge on any atom is 0.492 e. The number of carbonyl (C=O) groups is 2. The molecule has 1 unspecified atom stereocenters. The minimum Gasteiger partial charge on any atom is -0.493 e. The van der Waals surface area contributed by atoms with E-state index in [1.165, 1.54) is 18.6 Å². The Bertz CT molecular complexity index is 1080. The van der Waals surface area contributed by atoms with E-state index >= 15 is 0 Å². The van der Waals surface area contributed by atoms with Crippen LogP contribution in [0.2, 0.25) is 0 Å². The monoisotopic (exact) mass is 514 g/mol. The topological polar surface area (TPSA) is 126 Å². The van der Waals surface area contributed by atoms with Gasteiger partial charge in [0.05, 0.1) is 25.3 Å². The largest absolute Gasteiger partial charge is 0.493 e. The van der Waals surface area contributed by atoms with Crippen LogP contribution in [0.3, 0.4) is 0 Å².